The van der Waals surface area contributed by atoms with E-state index in [0.717, 1.165) is 5.56 Å². The molecule has 0 bridgehead atoms. The van der Waals surface area contributed by atoms with Crippen molar-refractivity contribution in [2.24, 2.45) is 5.73 Å². The molecule has 2 heteroatoms. The Morgan fingerprint density at radius 1 is 1.27 bits per heavy atom. The molecule has 2 N–H and O–H groups in total. The van der Waals surface area contributed by atoms with Gasteiger partial charge < -0.3 is 5.73 Å². The van der Waals surface area contributed by atoms with Crippen LogP contribution in [0.15, 0.2) is 30.3 Å². The fourth-order valence-electron chi connectivity index (χ4n) is 0.655. The third kappa shape index (κ3) is 2.55. The maximum atomic E-state index is 10.2. The summed E-state index contributed by atoms with van der Waals surface area (Å²) in [5.74, 6) is 4.27. The van der Waals surface area contributed by atoms with Gasteiger partial charge >= 0.3 is 0 Å². The molecule has 0 aromatic heterocycles. The van der Waals surface area contributed by atoms with Crippen molar-refractivity contribution in [1.29, 1.82) is 0 Å². The molecule has 1 aromatic rings. The van der Waals surface area contributed by atoms with E-state index in [0.29, 0.717) is 0 Å². The molecule has 0 unspecified atom stereocenters. The summed E-state index contributed by atoms with van der Waals surface area (Å²) < 4.78 is 0. The topological polar surface area (TPSA) is 43.1 Å². The Balaban J connectivity index is 2.83. The Kier molecular flexibility index (Phi) is 2.29. The van der Waals surface area contributed by atoms with Crippen LogP contribution in [0.2, 0.25) is 0 Å². The van der Waals surface area contributed by atoms with Gasteiger partial charge in [0.2, 0.25) is 0 Å². The molecule has 1 aromatic carbocycles. The molecule has 0 radical (unpaired) electrons. The average molecular weight is 145 g/mol. The Morgan fingerprint density at radius 3 is 2.45 bits per heavy atom. The quantitative estimate of drug-likeness (QED) is 0.531. The fourth-order valence-corrected chi connectivity index (χ4v) is 0.655. The van der Waals surface area contributed by atoms with Crippen molar-refractivity contribution in [2.75, 3.05) is 0 Å². The molecule has 0 fully saturated rings. The standard InChI is InChI=1S/C9H7NO/c10-9(11)7-6-8-4-2-1-3-5-8/h1-5H,(H2,10,11). The third-order valence-corrected chi connectivity index (χ3v) is 1.10. The minimum absolute atomic E-state index is 0.603. The average Bonchev–Trinajstić information content (AvgIpc) is 2.03. The van der Waals surface area contributed by atoms with E-state index in [1.807, 2.05) is 30.3 Å². The van der Waals surface area contributed by atoms with Crippen molar-refractivity contribution in [1.82, 2.24) is 0 Å². The van der Waals surface area contributed by atoms with E-state index >= 15 is 0 Å². The summed E-state index contributed by atoms with van der Waals surface area (Å²) in [6.45, 7) is 0. The number of primary amides is 1. The summed E-state index contributed by atoms with van der Waals surface area (Å²) in [6.07, 6.45) is 0. The number of carbonyl (C=O) groups excluding carboxylic acids is 1. The van der Waals surface area contributed by atoms with Gasteiger partial charge in [-0.05, 0) is 18.1 Å². The molecule has 0 aliphatic carbocycles. The van der Waals surface area contributed by atoms with Gasteiger partial charge in [-0.25, -0.2) is 0 Å². The molecule has 0 aliphatic rings. The van der Waals surface area contributed by atoms with Crippen LogP contribution in [-0.4, -0.2) is 5.91 Å². The Bertz CT molecular complexity index is 305. The number of amides is 1. The largest absolute Gasteiger partial charge is 0.359 e. The van der Waals surface area contributed by atoms with Crippen molar-refractivity contribution in [3.63, 3.8) is 0 Å². The van der Waals surface area contributed by atoms with Gasteiger partial charge in [0.1, 0.15) is 0 Å². The van der Waals surface area contributed by atoms with E-state index in [2.05, 4.69) is 11.8 Å². The summed E-state index contributed by atoms with van der Waals surface area (Å²) in [4.78, 5) is 10.2. The van der Waals surface area contributed by atoms with E-state index in [1.165, 1.54) is 0 Å². The van der Waals surface area contributed by atoms with Gasteiger partial charge in [-0.1, -0.05) is 24.1 Å². The van der Waals surface area contributed by atoms with Crippen molar-refractivity contribution >= 4 is 5.91 Å². The van der Waals surface area contributed by atoms with Crippen LogP contribution in [0, 0.1) is 11.8 Å². The number of hydrogen-bond acceptors (Lipinski definition) is 1. The second-order valence-electron chi connectivity index (χ2n) is 1.98. The lowest BCUT2D eigenvalue weighted by Gasteiger charge is -1.84. The lowest BCUT2D eigenvalue weighted by molar-refractivity contribution is -0.112. The van der Waals surface area contributed by atoms with Crippen LogP contribution in [0.1, 0.15) is 5.56 Å². The Labute approximate surface area is 65.0 Å². The first-order valence-electron chi connectivity index (χ1n) is 3.15. The highest BCUT2D eigenvalue weighted by Gasteiger charge is 1.82. The molecule has 0 aliphatic heterocycles. The van der Waals surface area contributed by atoms with E-state index < -0.39 is 5.91 Å². The second-order valence-corrected chi connectivity index (χ2v) is 1.98. The molecule has 54 valence electrons. The third-order valence-electron chi connectivity index (χ3n) is 1.10. The Hall–Kier alpha value is -1.75. The normalized spacial score (nSPS) is 8.00. The van der Waals surface area contributed by atoms with Crippen LogP contribution in [0.5, 0.6) is 0 Å². The predicted molar refractivity (Wildman–Crippen MR) is 42.5 cm³/mol. The zero-order chi connectivity index (χ0) is 8.10. The highest BCUT2D eigenvalue weighted by Crippen LogP contribution is 1.93. The molecule has 11 heavy (non-hydrogen) atoms. The van der Waals surface area contributed by atoms with Crippen molar-refractivity contribution < 1.29 is 4.79 Å². The lowest BCUT2D eigenvalue weighted by Crippen LogP contribution is -2.06. The van der Waals surface area contributed by atoms with E-state index in [9.17, 15) is 4.79 Å². The smallest absolute Gasteiger partial charge is 0.293 e. The molecule has 1 amide bonds. The van der Waals surface area contributed by atoms with Gasteiger partial charge in [0.25, 0.3) is 5.91 Å². The van der Waals surface area contributed by atoms with E-state index in [4.69, 9.17) is 5.73 Å². The summed E-state index contributed by atoms with van der Waals surface area (Å²) in [7, 11) is 0. The van der Waals surface area contributed by atoms with Gasteiger partial charge in [0.05, 0.1) is 0 Å². The first-order valence-corrected chi connectivity index (χ1v) is 3.15. The fraction of sp³-hybridized carbons (Fsp3) is 0. The van der Waals surface area contributed by atoms with Crippen molar-refractivity contribution in [2.45, 2.75) is 0 Å². The first-order chi connectivity index (χ1) is 5.29. The summed E-state index contributed by atoms with van der Waals surface area (Å²) in [5.41, 5.74) is 5.63. The number of carbonyl (C=O) groups is 1. The van der Waals surface area contributed by atoms with Crippen LogP contribution >= 0.6 is 0 Å². The number of benzene rings is 1. The lowest BCUT2D eigenvalue weighted by atomic mass is 10.2. The number of nitrogens with two attached hydrogens (primary N) is 1. The second kappa shape index (κ2) is 3.43. The van der Waals surface area contributed by atoms with E-state index in [1.54, 1.807) is 0 Å². The Morgan fingerprint density at radius 2 is 1.91 bits per heavy atom. The molecule has 0 spiro atoms. The van der Waals surface area contributed by atoms with Crippen LogP contribution in [0.4, 0.5) is 0 Å². The van der Waals surface area contributed by atoms with Gasteiger partial charge in [-0.3, -0.25) is 4.79 Å². The van der Waals surface area contributed by atoms with Gasteiger partial charge in [0, 0.05) is 5.56 Å². The monoisotopic (exact) mass is 145 g/mol. The van der Waals surface area contributed by atoms with Gasteiger partial charge in [0.15, 0.2) is 0 Å². The minimum Gasteiger partial charge on any atom is -0.359 e. The number of hydrogen-bond donors (Lipinski definition) is 1. The maximum Gasteiger partial charge on any atom is 0.293 e. The van der Waals surface area contributed by atoms with Crippen molar-refractivity contribution in [3.05, 3.63) is 35.9 Å². The van der Waals surface area contributed by atoms with Crippen LogP contribution < -0.4 is 5.73 Å². The summed E-state index contributed by atoms with van der Waals surface area (Å²) in [6, 6.07) is 9.22. The molecule has 0 atom stereocenters. The molecule has 0 heterocycles. The highest BCUT2D eigenvalue weighted by molar-refractivity contribution is 5.92. The van der Waals surface area contributed by atoms with Gasteiger partial charge in [-0.15, -0.1) is 0 Å². The van der Waals surface area contributed by atoms with Crippen LogP contribution in [0.25, 0.3) is 0 Å². The summed E-state index contributed by atoms with van der Waals surface area (Å²) >= 11 is 0. The zero-order valence-electron chi connectivity index (χ0n) is 5.87. The SMILES string of the molecule is NC(=O)C#Cc1ccccc1. The molecular formula is C9H7NO. The zero-order valence-corrected chi connectivity index (χ0v) is 5.87. The van der Waals surface area contributed by atoms with Gasteiger partial charge in [-0.2, -0.15) is 0 Å². The maximum absolute atomic E-state index is 10.2. The van der Waals surface area contributed by atoms with Crippen LogP contribution in [0.3, 0.4) is 0 Å². The molecule has 0 saturated carbocycles. The molecule has 2 nitrogen and oxygen atoms in total. The first kappa shape index (κ1) is 7.36. The van der Waals surface area contributed by atoms with E-state index in [-0.39, 0.29) is 0 Å². The minimum atomic E-state index is -0.603. The predicted octanol–water partition coefficient (Wildman–Crippen LogP) is 0.523. The molecule has 1 rings (SSSR count). The number of rotatable bonds is 0. The van der Waals surface area contributed by atoms with Crippen LogP contribution in [-0.2, 0) is 4.79 Å². The summed E-state index contributed by atoms with van der Waals surface area (Å²) in [5, 5.41) is 0. The molecular weight excluding hydrogens is 138 g/mol. The van der Waals surface area contributed by atoms with Crippen molar-refractivity contribution in [3.8, 4) is 11.8 Å². The highest BCUT2D eigenvalue weighted by atomic mass is 16.1. The molecule has 0 saturated heterocycles.